The van der Waals surface area contributed by atoms with Gasteiger partial charge in [0, 0.05) is 32.7 Å². The number of nitrogens with zero attached hydrogens (tertiary/aromatic N) is 2. The van der Waals surface area contributed by atoms with Crippen molar-refractivity contribution in [3.8, 4) is 0 Å². The molecule has 1 N–H and O–H groups in total. The minimum absolute atomic E-state index is 0.168. The number of carbonyl (C=O) groups excluding carboxylic acids is 1. The number of methoxy groups -OCH3 is 1. The lowest BCUT2D eigenvalue weighted by atomic mass is 10.0. The number of nitrogens with one attached hydrogen (secondary N) is 1. The van der Waals surface area contributed by atoms with Crippen LogP contribution in [-0.2, 0) is 9.53 Å². The zero-order chi connectivity index (χ0) is 14.3. The van der Waals surface area contributed by atoms with Crippen LogP contribution in [0.2, 0.25) is 0 Å². The van der Waals surface area contributed by atoms with E-state index in [1.807, 2.05) is 6.92 Å². The minimum Gasteiger partial charge on any atom is -0.468 e. The first kappa shape index (κ1) is 16.4. The van der Waals surface area contributed by atoms with Crippen molar-refractivity contribution in [1.82, 2.24) is 15.1 Å². The normalized spacial score (nSPS) is 21.1. The van der Waals surface area contributed by atoms with E-state index in [2.05, 4.69) is 29.0 Å². The largest absolute Gasteiger partial charge is 0.468 e. The monoisotopic (exact) mass is 271 g/mol. The first-order chi connectivity index (χ1) is 9.05. The molecule has 0 aromatic rings. The third-order valence-electron chi connectivity index (χ3n) is 3.85. The van der Waals surface area contributed by atoms with E-state index in [1.165, 1.54) is 7.11 Å². The van der Waals surface area contributed by atoms with Gasteiger partial charge in [-0.15, -0.1) is 0 Å². The maximum Gasteiger partial charge on any atom is 0.327 e. The zero-order valence-electron chi connectivity index (χ0n) is 12.9. The Morgan fingerprint density at radius 2 is 1.79 bits per heavy atom. The lowest BCUT2D eigenvalue weighted by Crippen LogP contribution is -2.60. The summed E-state index contributed by atoms with van der Waals surface area (Å²) in [7, 11) is 1.46. The van der Waals surface area contributed by atoms with Crippen LogP contribution in [0.4, 0.5) is 0 Å². The molecule has 1 saturated heterocycles. The molecule has 1 heterocycles. The molecule has 0 aliphatic carbocycles. The van der Waals surface area contributed by atoms with E-state index in [0.717, 1.165) is 52.2 Å². The third kappa shape index (κ3) is 4.75. The van der Waals surface area contributed by atoms with E-state index in [-0.39, 0.29) is 5.97 Å². The molecule has 0 aromatic carbocycles. The molecule has 0 radical (unpaired) electrons. The van der Waals surface area contributed by atoms with Crippen LogP contribution in [0.25, 0.3) is 0 Å². The predicted octanol–water partition coefficient (Wildman–Crippen LogP) is 0.555. The smallest absolute Gasteiger partial charge is 0.327 e. The molecule has 1 atom stereocenters. The Balaban J connectivity index is 2.55. The van der Waals surface area contributed by atoms with Crippen LogP contribution >= 0.6 is 0 Å². The summed E-state index contributed by atoms with van der Waals surface area (Å²) in [5.41, 5.74) is -0.598. The van der Waals surface area contributed by atoms with Crippen molar-refractivity contribution in [2.45, 2.75) is 32.7 Å². The van der Waals surface area contributed by atoms with E-state index < -0.39 is 5.54 Å². The van der Waals surface area contributed by atoms with Crippen LogP contribution in [0.3, 0.4) is 0 Å². The summed E-state index contributed by atoms with van der Waals surface area (Å²) in [5.74, 6) is -0.168. The fraction of sp³-hybridized carbons (Fsp3) is 0.929. The van der Waals surface area contributed by atoms with Gasteiger partial charge in [0.1, 0.15) is 5.54 Å². The maximum absolute atomic E-state index is 12.0. The average molecular weight is 271 g/mol. The molecule has 1 aliphatic rings. The van der Waals surface area contributed by atoms with Crippen molar-refractivity contribution >= 4 is 5.97 Å². The van der Waals surface area contributed by atoms with Gasteiger partial charge in [0.25, 0.3) is 0 Å². The summed E-state index contributed by atoms with van der Waals surface area (Å²) >= 11 is 0. The van der Waals surface area contributed by atoms with Crippen molar-refractivity contribution < 1.29 is 9.53 Å². The Bertz CT molecular complexity index is 278. The molecule has 0 amide bonds. The highest BCUT2D eigenvalue weighted by atomic mass is 16.5. The van der Waals surface area contributed by atoms with E-state index in [4.69, 9.17) is 4.74 Å². The SMILES string of the molecule is CCCNC(C)(CN1CCN(CC)CC1)C(=O)OC. The summed E-state index contributed by atoms with van der Waals surface area (Å²) in [6.07, 6.45) is 1.01. The Labute approximate surface area is 117 Å². The van der Waals surface area contributed by atoms with Gasteiger partial charge in [0.2, 0.25) is 0 Å². The Hall–Kier alpha value is -0.650. The highest BCUT2D eigenvalue weighted by molar-refractivity contribution is 5.80. The number of piperazine rings is 1. The molecule has 1 unspecified atom stereocenters. The zero-order valence-corrected chi connectivity index (χ0v) is 12.9. The van der Waals surface area contributed by atoms with Gasteiger partial charge in [-0.1, -0.05) is 13.8 Å². The summed E-state index contributed by atoms with van der Waals surface area (Å²) < 4.78 is 4.96. The molecule has 19 heavy (non-hydrogen) atoms. The van der Waals surface area contributed by atoms with Crippen LogP contribution in [0, 0.1) is 0 Å². The molecular formula is C14H29N3O2. The van der Waals surface area contributed by atoms with Crippen LogP contribution in [0.1, 0.15) is 27.2 Å². The van der Waals surface area contributed by atoms with Gasteiger partial charge in [0.15, 0.2) is 0 Å². The van der Waals surface area contributed by atoms with Gasteiger partial charge in [-0.25, -0.2) is 0 Å². The van der Waals surface area contributed by atoms with Crippen molar-refractivity contribution in [1.29, 1.82) is 0 Å². The van der Waals surface area contributed by atoms with Gasteiger partial charge < -0.3 is 15.0 Å². The standard InChI is InChI=1S/C14H29N3O2/c1-5-7-15-14(3,13(18)19-4)12-17-10-8-16(6-2)9-11-17/h15H,5-12H2,1-4H3. The summed E-state index contributed by atoms with van der Waals surface area (Å²) in [4.78, 5) is 16.8. The fourth-order valence-electron chi connectivity index (χ4n) is 2.53. The molecule has 5 nitrogen and oxygen atoms in total. The van der Waals surface area contributed by atoms with Crippen LogP contribution in [0.15, 0.2) is 0 Å². The van der Waals surface area contributed by atoms with Gasteiger partial charge >= 0.3 is 5.97 Å². The lowest BCUT2D eigenvalue weighted by molar-refractivity contribution is -0.149. The summed E-state index contributed by atoms with van der Waals surface area (Å²) in [6, 6.07) is 0. The molecule has 1 rings (SSSR count). The molecule has 0 saturated carbocycles. The summed E-state index contributed by atoms with van der Waals surface area (Å²) in [5, 5.41) is 3.34. The van der Waals surface area contributed by atoms with E-state index in [0.29, 0.717) is 0 Å². The van der Waals surface area contributed by atoms with E-state index in [1.54, 1.807) is 0 Å². The Morgan fingerprint density at radius 3 is 2.26 bits per heavy atom. The van der Waals surface area contributed by atoms with E-state index >= 15 is 0 Å². The van der Waals surface area contributed by atoms with Crippen LogP contribution in [0.5, 0.6) is 0 Å². The van der Waals surface area contributed by atoms with Crippen molar-refractivity contribution in [2.24, 2.45) is 0 Å². The number of likely N-dealkylation sites (N-methyl/N-ethyl adjacent to an activating group) is 1. The molecule has 1 aliphatic heterocycles. The Morgan fingerprint density at radius 1 is 1.21 bits per heavy atom. The highest BCUT2D eigenvalue weighted by Gasteiger charge is 2.36. The number of rotatable bonds is 7. The maximum atomic E-state index is 12.0. The number of hydrogen-bond acceptors (Lipinski definition) is 5. The van der Waals surface area contributed by atoms with Crippen LogP contribution < -0.4 is 5.32 Å². The second kappa shape index (κ2) is 7.82. The molecule has 1 fully saturated rings. The minimum atomic E-state index is -0.598. The topological polar surface area (TPSA) is 44.8 Å². The third-order valence-corrected chi connectivity index (χ3v) is 3.85. The van der Waals surface area contributed by atoms with Gasteiger partial charge in [-0.3, -0.25) is 9.69 Å². The number of ether oxygens (including phenoxy) is 1. The van der Waals surface area contributed by atoms with Gasteiger partial charge in [-0.05, 0) is 26.4 Å². The van der Waals surface area contributed by atoms with Gasteiger partial charge in [0.05, 0.1) is 7.11 Å². The van der Waals surface area contributed by atoms with Crippen molar-refractivity contribution in [3.05, 3.63) is 0 Å². The first-order valence-electron chi connectivity index (χ1n) is 7.34. The molecule has 5 heteroatoms. The molecule has 0 spiro atoms. The highest BCUT2D eigenvalue weighted by Crippen LogP contribution is 2.12. The Kier molecular flexibility index (Phi) is 6.75. The number of hydrogen-bond donors (Lipinski definition) is 1. The first-order valence-corrected chi connectivity index (χ1v) is 7.34. The second-order valence-electron chi connectivity index (χ2n) is 5.46. The lowest BCUT2D eigenvalue weighted by Gasteiger charge is -2.39. The number of carbonyl (C=O) groups is 1. The van der Waals surface area contributed by atoms with Crippen molar-refractivity contribution in [3.63, 3.8) is 0 Å². The molecule has 112 valence electrons. The van der Waals surface area contributed by atoms with Crippen LogP contribution in [-0.4, -0.2) is 74.2 Å². The van der Waals surface area contributed by atoms with Gasteiger partial charge in [-0.2, -0.15) is 0 Å². The van der Waals surface area contributed by atoms with Crippen molar-refractivity contribution in [2.75, 3.05) is 52.9 Å². The predicted molar refractivity (Wildman–Crippen MR) is 77.3 cm³/mol. The molecule has 0 aromatic heterocycles. The molecular weight excluding hydrogens is 242 g/mol. The average Bonchev–Trinajstić information content (AvgIpc) is 2.45. The fourth-order valence-corrected chi connectivity index (χ4v) is 2.53. The molecule has 0 bridgehead atoms. The summed E-state index contributed by atoms with van der Waals surface area (Å²) in [6.45, 7) is 13.1. The van der Waals surface area contributed by atoms with E-state index in [9.17, 15) is 4.79 Å². The second-order valence-corrected chi connectivity index (χ2v) is 5.46. The number of esters is 1. The quantitative estimate of drug-likeness (QED) is 0.685.